The molecule has 2 amide bonds. The van der Waals surface area contributed by atoms with Crippen molar-refractivity contribution in [2.45, 2.75) is 222 Å². The maximum atomic E-state index is 12.5. The van der Waals surface area contributed by atoms with Crippen molar-refractivity contribution in [1.82, 2.24) is 10.6 Å². The molecule has 2 unspecified atom stereocenters. The number of ether oxygens (including phenoxy) is 10. The van der Waals surface area contributed by atoms with Gasteiger partial charge in [-0.1, -0.05) is 0 Å². The van der Waals surface area contributed by atoms with Crippen LogP contribution in [0.15, 0.2) is 0 Å². The van der Waals surface area contributed by atoms with E-state index < -0.39 is 272 Å². The minimum atomic E-state index is -3.16. The molecular weight excluding hydrogens is 1230 g/mol. The van der Waals surface area contributed by atoms with Gasteiger partial charge >= 0.3 is 59.1 Å². The molecule has 6 fully saturated rings. The second kappa shape index (κ2) is 34.8. The first-order valence-electron chi connectivity index (χ1n) is 26.4. The average molecular weight is 1310 g/mol. The summed E-state index contributed by atoms with van der Waals surface area (Å²) in [6, 6.07) is -3.10. The molecule has 0 saturated carbocycles. The number of aliphatic hydroxyl groups excluding tert-OH is 22. The van der Waals surface area contributed by atoms with E-state index in [-0.39, 0.29) is 59.1 Å². The SMILES string of the molecule is CC(=O)N[C@H]1[C@H]([C@H](O)[C@H](O)CO)O[C@](OC[C@H]2OC(O)[C@H](O)[C@@H](O)[C@@H]2O[C@@H]2O[C@H](CO)[C@H](O)[C@H](O)[C@H]2O)(C(=O)[O-])C[C@@H]1O.CC(=O)N[C@H]1[C@H]([C@H](O)[C@H](O)CO)O[C@](O[C@H]2[C@H](O[C@@H]3O[C@H](CO)[C@H](O)[C@H](O)[C@H]3O)[C@@H](CO)OC(O)[C@@H]2O)(C(=O)[O-])C[C@@H]1O.[Na+].[Na+]. The third-order valence-corrected chi connectivity index (χ3v) is 14.9. The van der Waals surface area contributed by atoms with Gasteiger partial charge in [0.1, 0.15) is 146 Å². The zero-order valence-corrected chi connectivity index (χ0v) is 51.3. The first-order valence-corrected chi connectivity index (χ1v) is 26.4. The van der Waals surface area contributed by atoms with E-state index in [4.69, 9.17) is 47.4 Å². The van der Waals surface area contributed by atoms with Crippen LogP contribution >= 0.6 is 0 Å². The number of aliphatic hydroxyl groups is 22. The van der Waals surface area contributed by atoms with Crippen molar-refractivity contribution in [3.63, 3.8) is 0 Å². The molecule has 0 aromatic carbocycles. The Morgan fingerprint density at radius 1 is 0.489 bits per heavy atom. The second-order valence-electron chi connectivity index (χ2n) is 21.0. The van der Waals surface area contributed by atoms with Crippen LogP contribution in [0.25, 0.3) is 0 Å². The second-order valence-corrected chi connectivity index (χ2v) is 21.0. The Morgan fingerprint density at radius 2 is 0.875 bits per heavy atom. The third kappa shape index (κ3) is 18.3. The smallest absolute Gasteiger partial charge is 0.544 e. The summed E-state index contributed by atoms with van der Waals surface area (Å²) in [6.07, 6.45) is -55.9. The van der Waals surface area contributed by atoms with Gasteiger partial charge in [0.2, 0.25) is 23.4 Å². The van der Waals surface area contributed by atoms with Gasteiger partial charge in [-0.3, -0.25) is 9.59 Å². The Kier molecular flexibility index (Phi) is 32.0. The van der Waals surface area contributed by atoms with Crippen molar-refractivity contribution < 1.29 is 248 Å². The van der Waals surface area contributed by atoms with E-state index >= 15 is 0 Å². The van der Waals surface area contributed by atoms with Crippen molar-refractivity contribution in [2.24, 2.45) is 0 Å². The van der Waals surface area contributed by atoms with Gasteiger partial charge in [0, 0.05) is 26.7 Å². The van der Waals surface area contributed by atoms with E-state index in [1.54, 1.807) is 0 Å². The maximum Gasteiger partial charge on any atom is 1.00 e. The fourth-order valence-corrected chi connectivity index (χ4v) is 10.2. The molecule has 0 aromatic rings. The van der Waals surface area contributed by atoms with Crippen molar-refractivity contribution in [3.05, 3.63) is 0 Å². The summed E-state index contributed by atoms with van der Waals surface area (Å²) < 4.78 is 53.7. The van der Waals surface area contributed by atoms with Crippen LogP contribution in [-0.4, -0.2) is 371 Å². The Morgan fingerprint density at radius 3 is 1.27 bits per heavy atom. The molecule has 500 valence electrons. The molecule has 24 N–H and O–H groups in total. The largest absolute Gasteiger partial charge is 1.00 e. The van der Waals surface area contributed by atoms with Crippen LogP contribution in [0.5, 0.6) is 0 Å². The molecule has 88 heavy (non-hydrogen) atoms. The van der Waals surface area contributed by atoms with Crippen LogP contribution in [0.3, 0.4) is 0 Å². The van der Waals surface area contributed by atoms with Gasteiger partial charge in [-0.15, -0.1) is 0 Å². The molecule has 6 heterocycles. The monoisotopic (exact) mass is 1310 g/mol. The summed E-state index contributed by atoms with van der Waals surface area (Å²) in [7, 11) is 0. The molecule has 6 aliphatic heterocycles. The maximum absolute atomic E-state index is 12.5. The number of carbonyl (C=O) groups excluding carboxylic acids is 4. The number of carbonyl (C=O) groups is 4. The van der Waals surface area contributed by atoms with Crippen LogP contribution in [0.4, 0.5) is 0 Å². The van der Waals surface area contributed by atoms with Gasteiger partial charge in [-0.2, -0.15) is 0 Å². The van der Waals surface area contributed by atoms with Crippen LogP contribution < -0.4 is 80.0 Å². The van der Waals surface area contributed by atoms with Gasteiger partial charge < -0.3 is 190 Å². The van der Waals surface area contributed by atoms with Crippen molar-refractivity contribution in [1.29, 1.82) is 0 Å². The molecule has 42 heteroatoms. The van der Waals surface area contributed by atoms with E-state index in [1.165, 1.54) is 0 Å². The molecule has 0 radical (unpaired) electrons. The van der Waals surface area contributed by atoms with Crippen LogP contribution in [0.1, 0.15) is 26.7 Å². The Labute approximate surface area is 541 Å². The molecule has 40 nitrogen and oxygen atoms in total. The van der Waals surface area contributed by atoms with E-state index in [9.17, 15) is 142 Å². The quantitative estimate of drug-likeness (QED) is 0.0448. The normalized spacial score (nSPS) is 44.2. The average Bonchev–Trinajstić information content (AvgIpc) is 1.81. The number of amides is 2. The summed E-state index contributed by atoms with van der Waals surface area (Å²) >= 11 is 0. The van der Waals surface area contributed by atoms with Gasteiger partial charge in [0.15, 0.2) is 25.2 Å². The fourth-order valence-electron chi connectivity index (χ4n) is 10.2. The van der Waals surface area contributed by atoms with E-state index in [2.05, 4.69) is 10.6 Å². The summed E-state index contributed by atoms with van der Waals surface area (Å²) in [4.78, 5) is 48.2. The number of aliphatic carboxylic acids is 2. The molecule has 32 atom stereocenters. The van der Waals surface area contributed by atoms with Crippen LogP contribution in [0, 0.1) is 0 Å². The van der Waals surface area contributed by atoms with Gasteiger partial charge in [-0.25, -0.2) is 0 Å². The summed E-state index contributed by atoms with van der Waals surface area (Å²) in [5.74, 6) is -12.0. The zero-order chi connectivity index (χ0) is 64.8. The van der Waals surface area contributed by atoms with Gasteiger partial charge in [0.25, 0.3) is 0 Å². The molecule has 0 spiro atoms. The van der Waals surface area contributed by atoms with E-state index in [1.807, 2.05) is 0 Å². The molecule has 0 aromatic heterocycles. The summed E-state index contributed by atoms with van der Waals surface area (Å²) in [6.45, 7) is -3.76. The standard InChI is InChI=1S/2C23H39NO19.2Na/c1-6(27)24-11-7(28)2-23(22(37)38,43-19(11)12(30)8(29)3-25)39-5-10-18(15(33)16(34)20(36)40-10)42-21-17(35)14(32)13(31)9(4-26)41-21;1-6(28)24-11-7(29)2-23(22(37)38,42-18(11)12(31)8(30)3-25)43-19-16(35)20(36)39-10(5-27)17(19)41-21-15(34)14(33)13(32)9(4-26)40-21;;/h7-21,25-26,28-36H,2-5H2,1H3,(H,24,27)(H,37,38);7-21,25-27,29-36H,2-5H2,1H3,(H,24,28)(H,37,38);;/q;;2*+1/p-2/t7-,8+,9+,10+,11+,12+,13-,14-,15+,16+,17+,18+,19+,20?,21-,23-;7-,8+,9+,10+,11+,12+,13-,14-,15+,16+,17+,18+,19+,20?,21-,23+;;/m00../s1. The summed E-state index contributed by atoms with van der Waals surface area (Å²) in [5, 5.41) is 252. The molecule has 0 aliphatic carbocycles. The molecule has 6 saturated heterocycles. The van der Waals surface area contributed by atoms with E-state index in [0.29, 0.717) is 0 Å². The number of carboxylic acid groups (broad SMARTS) is 2. The van der Waals surface area contributed by atoms with Crippen LogP contribution in [-0.2, 0) is 66.5 Å². The third-order valence-electron chi connectivity index (χ3n) is 14.9. The number of hydrogen-bond donors (Lipinski definition) is 24. The fraction of sp³-hybridized carbons (Fsp3) is 0.913. The topological polar surface area (TPSA) is 676 Å². The number of nitrogens with one attached hydrogen (secondary N) is 2. The molecule has 6 rings (SSSR count). The van der Waals surface area contributed by atoms with Crippen molar-refractivity contribution in [3.8, 4) is 0 Å². The number of rotatable bonds is 22. The first-order chi connectivity index (χ1) is 40.2. The van der Waals surface area contributed by atoms with E-state index in [0.717, 1.165) is 13.8 Å². The Bertz CT molecular complexity index is 2190. The summed E-state index contributed by atoms with van der Waals surface area (Å²) in [5.41, 5.74) is 0. The Hall–Kier alpha value is -1.40. The zero-order valence-electron chi connectivity index (χ0n) is 47.3. The number of carboxylic acids is 2. The Balaban J connectivity index is 0.000000450. The van der Waals surface area contributed by atoms with Crippen LogP contribution in [0.2, 0.25) is 0 Å². The van der Waals surface area contributed by atoms with Gasteiger partial charge in [0.05, 0.1) is 63.9 Å². The number of hydrogen-bond acceptors (Lipinski definition) is 38. The molecule has 6 aliphatic rings. The minimum absolute atomic E-state index is 0. The minimum Gasteiger partial charge on any atom is -0.544 e. The molecule has 0 bridgehead atoms. The predicted molar refractivity (Wildman–Crippen MR) is 255 cm³/mol. The first kappa shape index (κ1) is 80.8. The molecular formula is C46H76N2Na2O38. The van der Waals surface area contributed by atoms with Crippen molar-refractivity contribution in [2.75, 3.05) is 39.6 Å². The predicted octanol–water partition coefficient (Wildman–Crippen LogP) is -25.1. The van der Waals surface area contributed by atoms with Gasteiger partial charge in [-0.05, 0) is 0 Å². The van der Waals surface area contributed by atoms with Crippen molar-refractivity contribution >= 4 is 23.8 Å².